The molecule has 30 heavy (non-hydrogen) atoms. The lowest BCUT2D eigenvalue weighted by atomic mass is 9.48. The van der Waals surface area contributed by atoms with E-state index in [0.717, 1.165) is 18.3 Å². The van der Waals surface area contributed by atoms with E-state index >= 15 is 0 Å². The number of ether oxygens (including phenoxy) is 1. The molecule has 0 saturated heterocycles. The Hall–Kier alpha value is -1.05. The van der Waals surface area contributed by atoms with E-state index in [1.54, 1.807) is 11.1 Å². The highest BCUT2D eigenvalue weighted by Gasteiger charge is 2.81. The Morgan fingerprint density at radius 3 is 2.53 bits per heavy atom. The lowest BCUT2D eigenvalue weighted by molar-refractivity contribution is -0.143. The van der Waals surface area contributed by atoms with Crippen LogP contribution < -0.4 is 0 Å². The second kappa shape index (κ2) is 6.04. The van der Waals surface area contributed by atoms with E-state index < -0.39 is 0 Å². The molecule has 0 aromatic carbocycles. The largest absolute Gasteiger partial charge is 0.469 e. The molecule has 166 valence electrons. The summed E-state index contributed by atoms with van der Waals surface area (Å²) in [5.41, 5.74) is 5.19. The van der Waals surface area contributed by atoms with E-state index in [0.29, 0.717) is 28.6 Å². The zero-order valence-corrected chi connectivity index (χ0v) is 20.4. The Balaban J connectivity index is 1.53. The molecular weight excluding hydrogens is 368 g/mol. The first kappa shape index (κ1) is 20.8. The second-order valence-electron chi connectivity index (χ2n) is 12.7. The van der Waals surface area contributed by atoms with Crippen molar-refractivity contribution in [3.8, 4) is 0 Å². The van der Waals surface area contributed by atoms with Gasteiger partial charge < -0.3 is 4.74 Å². The zero-order valence-electron chi connectivity index (χ0n) is 20.4. The number of hydrogen-bond acceptors (Lipinski definition) is 2. The fourth-order valence-corrected chi connectivity index (χ4v) is 9.80. The van der Waals surface area contributed by atoms with E-state index in [9.17, 15) is 4.79 Å². The standard InChI is InChI=1S/C28H42O2/c1-18(17-23(29)30-7)25(5)14-11-20-21-9-10-22-24(3,4)12-8-13-28(22)19(2)27(21,28)16-15-26(20,25)6/h9,11,18-19,22H,8,10,12-17H2,1-7H3/t18-,19+,22?,25?,26?,27?,28?/m1/s1. The van der Waals surface area contributed by atoms with Gasteiger partial charge in [0.15, 0.2) is 0 Å². The van der Waals surface area contributed by atoms with Gasteiger partial charge in [-0.15, -0.1) is 0 Å². The van der Waals surface area contributed by atoms with Gasteiger partial charge in [0.25, 0.3) is 0 Å². The molecule has 5 aliphatic rings. The van der Waals surface area contributed by atoms with E-state index in [2.05, 4.69) is 53.7 Å². The van der Waals surface area contributed by atoms with Crippen molar-refractivity contribution in [2.45, 2.75) is 92.9 Å². The summed E-state index contributed by atoms with van der Waals surface area (Å²) in [7, 11) is 1.52. The minimum Gasteiger partial charge on any atom is -0.469 e. The van der Waals surface area contributed by atoms with Gasteiger partial charge in [0.1, 0.15) is 0 Å². The molecule has 0 amide bonds. The lowest BCUT2D eigenvalue weighted by Crippen LogP contribution is -2.48. The molecular formula is C28H42O2. The van der Waals surface area contributed by atoms with Crippen molar-refractivity contribution in [3.63, 3.8) is 0 Å². The van der Waals surface area contributed by atoms with Gasteiger partial charge in [-0.25, -0.2) is 0 Å². The first-order valence-electron chi connectivity index (χ1n) is 12.5. The number of methoxy groups -OCH3 is 1. The van der Waals surface area contributed by atoms with Crippen LogP contribution in [0.1, 0.15) is 92.9 Å². The van der Waals surface area contributed by atoms with Gasteiger partial charge in [-0.1, -0.05) is 60.1 Å². The van der Waals surface area contributed by atoms with Crippen LogP contribution in [0.15, 0.2) is 23.3 Å². The summed E-state index contributed by atoms with van der Waals surface area (Å²) in [6, 6.07) is 0. The summed E-state index contributed by atoms with van der Waals surface area (Å²) >= 11 is 0. The number of hydrogen-bond donors (Lipinski definition) is 0. The molecule has 0 heterocycles. The Kier molecular flexibility index (Phi) is 4.20. The average Bonchev–Trinajstić information content (AvgIpc) is 3.08. The van der Waals surface area contributed by atoms with Crippen LogP contribution in [-0.4, -0.2) is 13.1 Å². The molecule has 0 N–H and O–H groups in total. The molecule has 2 heteroatoms. The van der Waals surface area contributed by atoms with Crippen LogP contribution in [-0.2, 0) is 9.53 Å². The van der Waals surface area contributed by atoms with E-state index in [1.165, 1.54) is 45.6 Å². The Morgan fingerprint density at radius 1 is 1.10 bits per heavy atom. The summed E-state index contributed by atoms with van der Waals surface area (Å²) in [6.45, 7) is 14.9. The minimum atomic E-state index is -0.0630. The highest BCUT2D eigenvalue weighted by molar-refractivity contribution is 5.69. The average molecular weight is 411 g/mol. The Labute approximate surface area is 183 Å². The van der Waals surface area contributed by atoms with Crippen LogP contribution in [0, 0.1) is 44.8 Å². The van der Waals surface area contributed by atoms with Crippen molar-refractivity contribution < 1.29 is 9.53 Å². The molecule has 0 aromatic heterocycles. The number of fused-ring (bicyclic) bond motifs is 2. The van der Waals surface area contributed by atoms with Crippen LogP contribution in [0.5, 0.6) is 0 Å². The Bertz CT molecular complexity index is 849. The lowest BCUT2D eigenvalue weighted by Gasteiger charge is -2.56. The molecule has 3 saturated carbocycles. The maximum absolute atomic E-state index is 12.1. The summed E-state index contributed by atoms with van der Waals surface area (Å²) in [6.07, 6.45) is 15.1. The molecule has 5 aliphatic carbocycles. The molecule has 2 nitrogen and oxygen atoms in total. The molecule has 0 bridgehead atoms. The molecule has 0 aliphatic heterocycles. The second-order valence-corrected chi connectivity index (χ2v) is 12.7. The SMILES string of the molecule is COC(=O)C[C@@H](C)C1(C)CC=C2C3=CCC4C(C)(C)CCCC45[C@@H](C)C35CCC21C. The third-order valence-corrected chi connectivity index (χ3v) is 12.0. The summed E-state index contributed by atoms with van der Waals surface area (Å²) in [5, 5.41) is 0. The molecule has 0 radical (unpaired) electrons. The third kappa shape index (κ3) is 2.10. The smallest absolute Gasteiger partial charge is 0.305 e. The summed E-state index contributed by atoms with van der Waals surface area (Å²) in [5.74, 6) is 1.95. The van der Waals surface area contributed by atoms with Crippen LogP contribution in [0.25, 0.3) is 0 Å². The first-order valence-corrected chi connectivity index (χ1v) is 12.5. The van der Waals surface area contributed by atoms with Crippen LogP contribution >= 0.6 is 0 Å². The zero-order chi connectivity index (χ0) is 21.7. The van der Waals surface area contributed by atoms with Crippen molar-refractivity contribution in [1.29, 1.82) is 0 Å². The fourth-order valence-electron chi connectivity index (χ4n) is 9.80. The third-order valence-electron chi connectivity index (χ3n) is 12.0. The summed E-state index contributed by atoms with van der Waals surface area (Å²) < 4.78 is 5.03. The number of allylic oxidation sites excluding steroid dienone is 4. The quantitative estimate of drug-likeness (QED) is 0.464. The fraction of sp³-hybridized carbons (Fsp3) is 0.821. The highest BCUT2D eigenvalue weighted by Crippen LogP contribution is 2.88. The van der Waals surface area contributed by atoms with Crippen LogP contribution in [0.2, 0.25) is 0 Å². The van der Waals surface area contributed by atoms with Crippen molar-refractivity contribution in [2.75, 3.05) is 7.11 Å². The first-order chi connectivity index (χ1) is 14.0. The maximum Gasteiger partial charge on any atom is 0.305 e. The van der Waals surface area contributed by atoms with Gasteiger partial charge in [0.05, 0.1) is 7.11 Å². The van der Waals surface area contributed by atoms with E-state index in [1.807, 2.05) is 0 Å². The van der Waals surface area contributed by atoms with Gasteiger partial charge in [0, 0.05) is 11.8 Å². The summed E-state index contributed by atoms with van der Waals surface area (Å²) in [4.78, 5) is 12.1. The van der Waals surface area contributed by atoms with Crippen LogP contribution in [0.4, 0.5) is 0 Å². The predicted molar refractivity (Wildman–Crippen MR) is 122 cm³/mol. The predicted octanol–water partition coefficient (Wildman–Crippen LogP) is 7.10. The monoisotopic (exact) mass is 410 g/mol. The number of carbonyl (C=O) groups excluding carboxylic acids is 1. The van der Waals surface area contributed by atoms with Gasteiger partial charge in [0.2, 0.25) is 0 Å². The molecule has 0 aromatic rings. The normalized spacial score (nSPS) is 48.9. The highest BCUT2D eigenvalue weighted by atomic mass is 16.5. The maximum atomic E-state index is 12.1. The number of rotatable bonds is 3. The topological polar surface area (TPSA) is 26.3 Å². The van der Waals surface area contributed by atoms with Crippen LogP contribution in [0.3, 0.4) is 0 Å². The van der Waals surface area contributed by atoms with Gasteiger partial charge in [-0.3, -0.25) is 4.79 Å². The van der Waals surface area contributed by atoms with Crippen molar-refractivity contribution in [3.05, 3.63) is 23.3 Å². The number of esters is 1. The molecule has 2 spiro atoms. The van der Waals surface area contributed by atoms with Crippen molar-refractivity contribution in [1.82, 2.24) is 0 Å². The molecule has 5 unspecified atom stereocenters. The molecule has 5 rings (SSSR count). The van der Waals surface area contributed by atoms with Crippen molar-refractivity contribution >= 4 is 5.97 Å². The van der Waals surface area contributed by atoms with E-state index in [-0.39, 0.29) is 16.8 Å². The van der Waals surface area contributed by atoms with Crippen molar-refractivity contribution in [2.24, 2.45) is 44.8 Å². The number of carbonyl (C=O) groups is 1. The molecule has 7 atom stereocenters. The van der Waals surface area contributed by atoms with Gasteiger partial charge >= 0.3 is 5.97 Å². The van der Waals surface area contributed by atoms with Gasteiger partial charge in [-0.05, 0) is 89.1 Å². The minimum absolute atomic E-state index is 0.0630. The van der Waals surface area contributed by atoms with E-state index in [4.69, 9.17) is 4.74 Å². The van der Waals surface area contributed by atoms with Gasteiger partial charge in [-0.2, -0.15) is 0 Å². The Morgan fingerprint density at radius 2 is 1.83 bits per heavy atom. The molecule has 3 fully saturated rings.